The van der Waals surface area contributed by atoms with Crippen LogP contribution in [0.15, 0.2) is 61.1 Å². The number of carbonyl (C=O) groups excluding carboxylic acids is 1. The van der Waals surface area contributed by atoms with Gasteiger partial charge in [0.2, 0.25) is 11.8 Å². The number of anilines is 2. The zero-order valence-corrected chi connectivity index (χ0v) is 20.4. The Balaban J connectivity index is 1.40. The molecule has 188 valence electrons. The molecule has 37 heavy (non-hydrogen) atoms. The number of methoxy groups -OCH3 is 1. The van der Waals surface area contributed by atoms with Crippen LogP contribution in [0.4, 0.5) is 16.0 Å². The maximum atomic E-state index is 14.2. The number of ether oxygens (including phenoxy) is 2. The van der Waals surface area contributed by atoms with Crippen LogP contribution in [0.2, 0.25) is 0 Å². The summed E-state index contributed by atoms with van der Waals surface area (Å²) < 4.78 is 25.1. The van der Waals surface area contributed by atoms with Crippen molar-refractivity contribution in [3.63, 3.8) is 0 Å². The molecule has 1 N–H and O–H groups in total. The number of fused-ring (bicyclic) bond motifs is 1. The van der Waals surface area contributed by atoms with E-state index in [1.165, 1.54) is 31.0 Å². The highest BCUT2D eigenvalue weighted by atomic mass is 19.1. The summed E-state index contributed by atoms with van der Waals surface area (Å²) in [6.45, 7) is 2.72. The van der Waals surface area contributed by atoms with Gasteiger partial charge in [-0.15, -0.1) is 0 Å². The summed E-state index contributed by atoms with van der Waals surface area (Å²) in [6.07, 6.45) is 5.55. The number of para-hydroxylation sites is 1. The number of hydrogen-bond donors (Lipinski definition) is 1. The molecule has 10 heteroatoms. The molecule has 0 aliphatic carbocycles. The number of halogens is 1. The van der Waals surface area contributed by atoms with Crippen LogP contribution in [-0.2, 0) is 19.6 Å². The van der Waals surface area contributed by atoms with Crippen LogP contribution in [-0.4, -0.2) is 39.5 Å². The van der Waals surface area contributed by atoms with E-state index in [1.54, 1.807) is 18.5 Å². The fourth-order valence-electron chi connectivity index (χ4n) is 4.03. The van der Waals surface area contributed by atoms with Crippen molar-refractivity contribution in [2.75, 3.05) is 18.6 Å². The maximum Gasteiger partial charge on any atom is 0.258 e. The highest BCUT2D eigenvalue weighted by Gasteiger charge is 2.25. The number of rotatable bonds is 8. The molecule has 0 spiro atoms. The van der Waals surface area contributed by atoms with Gasteiger partial charge in [0.25, 0.3) is 5.91 Å². The summed E-state index contributed by atoms with van der Waals surface area (Å²) in [7, 11) is 1.40. The lowest BCUT2D eigenvalue weighted by molar-refractivity contribution is 0.0944. The smallest absolute Gasteiger partial charge is 0.258 e. The van der Waals surface area contributed by atoms with Gasteiger partial charge in [0.1, 0.15) is 12.2 Å². The van der Waals surface area contributed by atoms with E-state index in [1.807, 2.05) is 30.0 Å². The molecule has 0 saturated carbocycles. The van der Waals surface area contributed by atoms with Crippen LogP contribution in [0.5, 0.6) is 11.6 Å². The Morgan fingerprint density at radius 1 is 1.11 bits per heavy atom. The molecule has 0 bridgehead atoms. The highest BCUT2D eigenvalue weighted by Crippen LogP contribution is 2.33. The first-order chi connectivity index (χ1) is 18.0. The van der Waals surface area contributed by atoms with Gasteiger partial charge >= 0.3 is 0 Å². The third kappa shape index (κ3) is 5.32. The first-order valence-electron chi connectivity index (χ1n) is 11.7. The van der Waals surface area contributed by atoms with Gasteiger partial charge in [-0.25, -0.2) is 9.37 Å². The number of nitrogens with one attached hydrogen (secondary N) is 1. The zero-order valence-electron chi connectivity index (χ0n) is 20.4. The molecule has 0 fully saturated rings. The molecule has 9 nitrogen and oxygen atoms in total. The summed E-state index contributed by atoms with van der Waals surface area (Å²) in [5, 5.41) is 2.81. The van der Waals surface area contributed by atoms with Crippen molar-refractivity contribution < 1.29 is 18.7 Å². The Kier molecular flexibility index (Phi) is 6.89. The van der Waals surface area contributed by atoms with E-state index in [4.69, 9.17) is 9.47 Å². The van der Waals surface area contributed by atoms with E-state index in [2.05, 4.69) is 31.3 Å². The van der Waals surface area contributed by atoms with Gasteiger partial charge in [-0.3, -0.25) is 14.8 Å². The third-order valence-corrected chi connectivity index (χ3v) is 5.97. The molecule has 0 atom stereocenters. The average molecular weight is 501 g/mol. The quantitative estimate of drug-likeness (QED) is 0.388. The van der Waals surface area contributed by atoms with E-state index in [0.29, 0.717) is 23.8 Å². The number of hydrogen-bond acceptors (Lipinski definition) is 8. The van der Waals surface area contributed by atoms with Crippen LogP contribution in [0.3, 0.4) is 0 Å². The molecule has 3 heterocycles. The van der Waals surface area contributed by atoms with Crippen molar-refractivity contribution in [1.29, 1.82) is 0 Å². The Bertz CT molecular complexity index is 1430. The van der Waals surface area contributed by atoms with Gasteiger partial charge in [0.05, 0.1) is 31.2 Å². The van der Waals surface area contributed by atoms with Crippen molar-refractivity contribution >= 4 is 17.5 Å². The lowest BCUT2D eigenvalue weighted by Gasteiger charge is -2.19. The number of aryl methyl sites for hydroxylation is 1. The Morgan fingerprint density at radius 3 is 2.76 bits per heavy atom. The number of benzene rings is 2. The van der Waals surface area contributed by atoms with E-state index < -0.39 is 11.7 Å². The average Bonchev–Trinajstić information content (AvgIpc) is 3.35. The summed E-state index contributed by atoms with van der Waals surface area (Å²) >= 11 is 0. The molecule has 0 saturated heterocycles. The third-order valence-electron chi connectivity index (χ3n) is 5.97. The second-order valence-corrected chi connectivity index (χ2v) is 8.51. The Labute approximate surface area is 213 Å². The molecule has 1 aliphatic rings. The lowest BCUT2D eigenvalue weighted by Crippen LogP contribution is -2.25. The molecule has 0 radical (unpaired) electrons. The molecule has 1 aliphatic heterocycles. The van der Waals surface area contributed by atoms with Crippen molar-refractivity contribution in [1.82, 2.24) is 25.3 Å². The molecule has 2 aromatic heterocycles. The number of nitrogens with zero attached hydrogens (tertiary/aromatic N) is 5. The van der Waals surface area contributed by atoms with Crippen LogP contribution in [0.1, 0.15) is 32.9 Å². The van der Waals surface area contributed by atoms with Crippen LogP contribution in [0.25, 0.3) is 0 Å². The second-order valence-electron chi connectivity index (χ2n) is 8.51. The Hall–Kier alpha value is -4.60. The zero-order chi connectivity index (χ0) is 25.8. The van der Waals surface area contributed by atoms with Crippen LogP contribution < -0.4 is 19.7 Å². The predicted octanol–water partition coefficient (Wildman–Crippen LogP) is 3.93. The number of amides is 1. The maximum absolute atomic E-state index is 14.2. The fraction of sp³-hybridized carbons (Fsp3) is 0.222. The van der Waals surface area contributed by atoms with Gasteiger partial charge in [-0.05, 0) is 42.7 Å². The molecular weight excluding hydrogens is 475 g/mol. The van der Waals surface area contributed by atoms with Crippen molar-refractivity contribution in [3.05, 3.63) is 95.0 Å². The van der Waals surface area contributed by atoms with E-state index in [9.17, 15) is 9.18 Å². The van der Waals surface area contributed by atoms with Crippen molar-refractivity contribution in [3.8, 4) is 11.6 Å². The number of aromatic nitrogens is 4. The summed E-state index contributed by atoms with van der Waals surface area (Å²) in [5.74, 6) is -0.274. The second kappa shape index (κ2) is 10.6. The largest absolute Gasteiger partial charge is 0.494 e. The minimum atomic E-state index is -0.502. The van der Waals surface area contributed by atoms with Crippen molar-refractivity contribution in [2.24, 2.45) is 0 Å². The van der Waals surface area contributed by atoms with E-state index in [-0.39, 0.29) is 30.3 Å². The molecule has 4 aromatic rings. The minimum Gasteiger partial charge on any atom is -0.494 e. The SMILES string of the molecule is COc1ccc(COc2nc(N3CCc4ccccc43)ncc2C(=O)NCc2cnc(C)cn2)cc1F. The first-order valence-corrected chi connectivity index (χ1v) is 11.7. The standard InChI is InChI=1S/C27H25FN6O3/c1-17-12-30-20(13-29-17)14-31-25(35)21-15-32-27(34-10-9-19-5-3-4-6-23(19)34)33-26(21)37-16-18-7-8-24(36-2)22(28)11-18/h3-8,11-13,15H,9-10,14,16H2,1-2H3,(H,31,35). The van der Waals surface area contributed by atoms with Crippen molar-refractivity contribution in [2.45, 2.75) is 26.5 Å². The molecule has 5 rings (SSSR count). The molecular formula is C27H25FN6O3. The van der Waals surface area contributed by atoms with E-state index >= 15 is 0 Å². The van der Waals surface area contributed by atoms with Gasteiger partial charge in [-0.1, -0.05) is 24.3 Å². The van der Waals surface area contributed by atoms with E-state index in [0.717, 1.165) is 17.8 Å². The highest BCUT2D eigenvalue weighted by molar-refractivity contribution is 5.96. The van der Waals surface area contributed by atoms with Crippen LogP contribution in [0, 0.1) is 12.7 Å². The monoisotopic (exact) mass is 500 g/mol. The molecule has 2 aromatic carbocycles. The first kappa shape index (κ1) is 24.1. The minimum absolute atomic E-state index is 0.00231. The molecule has 1 amide bonds. The topological polar surface area (TPSA) is 102 Å². The molecule has 0 unspecified atom stereocenters. The number of carbonyl (C=O) groups is 1. The van der Waals surface area contributed by atoms with Gasteiger partial charge in [0, 0.05) is 24.6 Å². The predicted molar refractivity (Wildman–Crippen MR) is 134 cm³/mol. The lowest BCUT2D eigenvalue weighted by atomic mass is 10.2. The van der Waals surface area contributed by atoms with Gasteiger partial charge < -0.3 is 19.7 Å². The Morgan fingerprint density at radius 2 is 1.97 bits per heavy atom. The summed E-state index contributed by atoms with van der Waals surface area (Å²) in [4.78, 5) is 32.6. The fourth-order valence-corrected chi connectivity index (χ4v) is 4.03. The summed E-state index contributed by atoms with van der Waals surface area (Å²) in [6, 6.07) is 12.6. The summed E-state index contributed by atoms with van der Waals surface area (Å²) in [5.41, 5.74) is 4.33. The van der Waals surface area contributed by atoms with Gasteiger partial charge in [0.15, 0.2) is 11.6 Å². The van der Waals surface area contributed by atoms with Crippen LogP contribution >= 0.6 is 0 Å². The normalized spacial score (nSPS) is 12.2. The van der Waals surface area contributed by atoms with Gasteiger partial charge in [-0.2, -0.15) is 4.98 Å².